The Morgan fingerprint density at radius 3 is 1.10 bits per heavy atom. The summed E-state index contributed by atoms with van der Waals surface area (Å²) >= 11 is 3.70. The first-order valence-corrected chi connectivity index (χ1v) is 26.4. The number of carboxylic acids is 2. The first kappa shape index (κ1) is 58.4. The number of amides is 2. The number of ether oxygens (including phenoxy) is 2. The summed E-state index contributed by atoms with van der Waals surface area (Å²) in [6.45, 7) is 7.18. The van der Waals surface area contributed by atoms with Crippen molar-refractivity contribution in [1.82, 2.24) is 25.6 Å². The SMILES string of the molecule is COC(=O)c1ccc(CCN)cc1.COC(=O)c1ccc(CCNC(=O)c2sc3nc(C)ccc3c2N)cc1.Cc1ccc2c(N)c(C(=O)NCCc3ccc(C(=O)O)cc3)sc2n1.Cc1ccc2c(N)c(C(=O)O)sc2n1. The van der Waals surface area contributed by atoms with Crippen molar-refractivity contribution in [2.75, 3.05) is 51.1 Å². The minimum absolute atomic E-state index is 0.165. The summed E-state index contributed by atoms with van der Waals surface area (Å²) in [6.07, 6.45) is 2.09. The van der Waals surface area contributed by atoms with Gasteiger partial charge in [0.15, 0.2) is 0 Å². The molecule has 0 spiro atoms. The van der Waals surface area contributed by atoms with Crippen LogP contribution in [0.4, 0.5) is 17.1 Å². The maximum Gasteiger partial charge on any atom is 0.348 e. The number of nitrogens with two attached hydrogens (primary N) is 4. The van der Waals surface area contributed by atoms with Gasteiger partial charge in [0.05, 0.1) is 48.0 Å². The Morgan fingerprint density at radius 1 is 0.462 bits per heavy atom. The van der Waals surface area contributed by atoms with Gasteiger partial charge in [0.1, 0.15) is 29.1 Å². The van der Waals surface area contributed by atoms with Crippen molar-refractivity contribution >= 4 is 117 Å². The summed E-state index contributed by atoms with van der Waals surface area (Å²) in [5.74, 6) is -3.05. The number of hydrogen-bond acceptors (Lipinski definition) is 18. The van der Waals surface area contributed by atoms with E-state index in [4.69, 9.17) is 33.1 Å². The van der Waals surface area contributed by atoms with E-state index in [1.54, 1.807) is 54.6 Å². The minimum atomic E-state index is -0.997. The molecule has 9 rings (SSSR count). The average molecular weight is 1110 g/mol. The number of carbonyl (C=O) groups is 6. The van der Waals surface area contributed by atoms with Crippen LogP contribution in [0, 0.1) is 20.8 Å². The molecule has 0 aliphatic heterocycles. The Kier molecular flexibility index (Phi) is 20.4. The number of hydrogen-bond donors (Lipinski definition) is 8. The van der Waals surface area contributed by atoms with Crippen molar-refractivity contribution in [2.45, 2.75) is 40.0 Å². The summed E-state index contributed by atoms with van der Waals surface area (Å²) in [4.78, 5) is 85.2. The van der Waals surface area contributed by atoms with Gasteiger partial charge < -0.3 is 53.3 Å². The summed E-state index contributed by atoms with van der Waals surface area (Å²) in [6, 6.07) is 32.1. The molecule has 0 saturated heterocycles. The van der Waals surface area contributed by atoms with E-state index in [0.717, 1.165) is 77.3 Å². The number of benzene rings is 3. The molecule has 6 heterocycles. The Balaban J connectivity index is 0.000000176. The van der Waals surface area contributed by atoms with Crippen molar-refractivity contribution in [3.8, 4) is 0 Å². The van der Waals surface area contributed by atoms with E-state index in [1.807, 2.05) is 75.4 Å². The van der Waals surface area contributed by atoms with E-state index in [9.17, 15) is 28.8 Å². The molecule has 78 heavy (non-hydrogen) atoms. The number of nitrogens with one attached hydrogen (secondary N) is 2. The van der Waals surface area contributed by atoms with Gasteiger partial charge in [-0.25, -0.2) is 34.1 Å². The van der Waals surface area contributed by atoms with E-state index in [2.05, 4.69) is 35.1 Å². The molecule has 0 aliphatic carbocycles. The largest absolute Gasteiger partial charge is 0.478 e. The molecule has 6 aromatic heterocycles. The van der Waals surface area contributed by atoms with E-state index in [0.29, 0.717) is 75.2 Å². The zero-order valence-corrected chi connectivity index (χ0v) is 45.6. The predicted molar refractivity (Wildman–Crippen MR) is 307 cm³/mol. The molecule has 404 valence electrons. The molecular weight excluding hydrogens is 1050 g/mol. The molecule has 0 bridgehead atoms. The van der Waals surface area contributed by atoms with E-state index >= 15 is 0 Å². The van der Waals surface area contributed by atoms with Crippen molar-refractivity contribution in [3.63, 3.8) is 0 Å². The minimum Gasteiger partial charge on any atom is -0.478 e. The Bertz CT molecular complexity index is 3620. The molecular formula is C56H57N9O10S3. The number of carboxylic acid groups (broad SMARTS) is 2. The smallest absolute Gasteiger partial charge is 0.348 e. The van der Waals surface area contributed by atoms with Crippen LogP contribution in [0.3, 0.4) is 0 Å². The lowest BCUT2D eigenvalue weighted by Gasteiger charge is -2.05. The second-order valence-corrected chi connectivity index (χ2v) is 20.2. The van der Waals surface area contributed by atoms with Crippen molar-refractivity contribution in [1.29, 1.82) is 0 Å². The van der Waals surface area contributed by atoms with Gasteiger partial charge in [0, 0.05) is 46.3 Å². The average Bonchev–Trinajstić information content (AvgIpc) is 4.10. The van der Waals surface area contributed by atoms with Gasteiger partial charge in [-0.2, -0.15) is 0 Å². The second kappa shape index (κ2) is 27.3. The van der Waals surface area contributed by atoms with Gasteiger partial charge in [0.2, 0.25) is 0 Å². The molecule has 0 aliphatic rings. The highest BCUT2D eigenvalue weighted by Gasteiger charge is 2.19. The highest BCUT2D eigenvalue weighted by Crippen LogP contribution is 2.34. The van der Waals surface area contributed by atoms with Gasteiger partial charge in [0.25, 0.3) is 11.8 Å². The number of carbonyl (C=O) groups excluding carboxylic acids is 4. The highest BCUT2D eigenvalue weighted by atomic mass is 32.1. The predicted octanol–water partition coefficient (Wildman–Crippen LogP) is 8.66. The molecule has 0 unspecified atom stereocenters. The topological polar surface area (TPSA) is 328 Å². The van der Waals surface area contributed by atoms with Crippen molar-refractivity contribution < 1.29 is 48.5 Å². The number of nitrogen functional groups attached to an aromatic ring is 3. The van der Waals surface area contributed by atoms with E-state index in [1.165, 1.54) is 36.9 Å². The monoisotopic (exact) mass is 1110 g/mol. The number of aryl methyl sites for hydroxylation is 3. The normalized spacial score (nSPS) is 10.5. The fourth-order valence-electron chi connectivity index (χ4n) is 7.40. The first-order chi connectivity index (χ1) is 37.3. The molecule has 0 radical (unpaired) electrons. The number of aromatic carboxylic acids is 2. The van der Waals surface area contributed by atoms with Crippen LogP contribution in [0.2, 0.25) is 0 Å². The number of aromatic nitrogens is 3. The lowest BCUT2D eigenvalue weighted by Crippen LogP contribution is -2.25. The number of fused-ring (bicyclic) bond motifs is 3. The molecule has 0 saturated carbocycles. The standard InChI is InChI=1S/C19H19N3O3S.C18H17N3O3S.C10H13NO2.C9H8N2O2S/c1-11-3-8-14-15(20)16(26-18(14)22-11)17(23)21-10-9-12-4-6-13(7-5-12)19(24)25-2;1-10-2-7-13-14(19)15(25-17(13)21-10)16(22)20-9-8-11-3-5-12(6-4-11)18(23)24;1-13-10(12)9-4-2-8(3-5-9)6-7-11;1-4-2-3-5-6(10)7(9(12)13)14-8(5)11-4/h3-8H,9-10,20H2,1-2H3,(H,21,23);2-7H,8-9,19H2,1H3,(H,20,22)(H,23,24);2-5H,6-7,11H2,1H3;2-3H,10H2,1H3,(H,12,13). The molecule has 3 aromatic carbocycles. The molecule has 12 N–H and O–H groups in total. The third-order valence-corrected chi connectivity index (χ3v) is 14.9. The highest BCUT2D eigenvalue weighted by molar-refractivity contribution is 7.22. The quantitative estimate of drug-likeness (QED) is 0.0472. The first-order valence-electron chi connectivity index (χ1n) is 24.0. The fraction of sp³-hybridized carbons (Fsp3) is 0.196. The van der Waals surface area contributed by atoms with Crippen LogP contribution in [0.5, 0.6) is 0 Å². The zero-order chi connectivity index (χ0) is 56.6. The van der Waals surface area contributed by atoms with Crippen molar-refractivity contribution in [3.05, 3.63) is 174 Å². The number of pyridine rings is 3. The van der Waals surface area contributed by atoms with Crippen LogP contribution >= 0.6 is 34.0 Å². The molecule has 2 amide bonds. The van der Waals surface area contributed by atoms with Gasteiger partial charge in [-0.15, -0.1) is 34.0 Å². The third-order valence-electron chi connectivity index (χ3n) is 11.6. The van der Waals surface area contributed by atoms with Gasteiger partial charge in [-0.3, -0.25) is 9.59 Å². The number of esters is 2. The van der Waals surface area contributed by atoms with Crippen LogP contribution in [0.15, 0.2) is 109 Å². The zero-order valence-electron chi connectivity index (χ0n) is 43.2. The lowest BCUT2D eigenvalue weighted by molar-refractivity contribution is 0.0592. The van der Waals surface area contributed by atoms with Crippen molar-refractivity contribution in [2.24, 2.45) is 5.73 Å². The van der Waals surface area contributed by atoms with Crippen LogP contribution in [-0.2, 0) is 28.7 Å². The number of rotatable bonds is 14. The number of anilines is 3. The Morgan fingerprint density at radius 2 is 0.782 bits per heavy atom. The molecule has 22 heteroatoms. The van der Waals surface area contributed by atoms with E-state index < -0.39 is 11.9 Å². The number of nitrogens with zero attached hydrogens (tertiary/aromatic N) is 3. The summed E-state index contributed by atoms with van der Waals surface area (Å²) in [5.41, 5.74) is 31.5. The molecule has 19 nitrogen and oxygen atoms in total. The Hall–Kier alpha value is -8.83. The maximum absolute atomic E-state index is 12.4. The fourth-order valence-corrected chi connectivity index (χ4v) is 10.5. The molecule has 0 fully saturated rings. The summed E-state index contributed by atoms with van der Waals surface area (Å²) in [5, 5.41) is 25.8. The molecule has 9 aromatic rings. The van der Waals surface area contributed by atoms with Gasteiger partial charge >= 0.3 is 23.9 Å². The van der Waals surface area contributed by atoms with Gasteiger partial charge in [-0.05, 0) is 136 Å². The summed E-state index contributed by atoms with van der Waals surface area (Å²) in [7, 11) is 2.72. The van der Waals surface area contributed by atoms with Crippen LogP contribution in [-0.4, -0.2) is 94.7 Å². The van der Waals surface area contributed by atoms with Crippen LogP contribution in [0.25, 0.3) is 30.6 Å². The summed E-state index contributed by atoms with van der Waals surface area (Å²) < 4.78 is 9.24. The van der Waals surface area contributed by atoms with Crippen LogP contribution < -0.4 is 33.6 Å². The maximum atomic E-state index is 12.4. The number of thiophene rings is 3. The lowest BCUT2D eigenvalue weighted by atomic mass is 10.1. The number of methoxy groups -OCH3 is 2. The second-order valence-electron chi connectivity index (χ2n) is 17.2. The van der Waals surface area contributed by atoms with Crippen LogP contribution in [0.1, 0.15) is 93.9 Å². The molecule has 0 atom stereocenters. The Labute approximate surface area is 460 Å². The third kappa shape index (κ3) is 15.2. The van der Waals surface area contributed by atoms with E-state index in [-0.39, 0.29) is 34.2 Å². The van der Waals surface area contributed by atoms with Gasteiger partial charge in [-0.1, -0.05) is 36.4 Å².